The van der Waals surface area contributed by atoms with Crippen LogP contribution in [0.25, 0.3) is 0 Å². The van der Waals surface area contributed by atoms with Gasteiger partial charge in [0.15, 0.2) is 0 Å². The highest BCUT2D eigenvalue weighted by Gasteiger charge is 2.33. The lowest BCUT2D eigenvalue weighted by Crippen LogP contribution is -2.53. The second kappa shape index (κ2) is 8.15. The summed E-state index contributed by atoms with van der Waals surface area (Å²) < 4.78 is 5.43. The lowest BCUT2D eigenvalue weighted by Gasteiger charge is -2.42. The summed E-state index contributed by atoms with van der Waals surface area (Å²) in [5.41, 5.74) is 1.24. The molecule has 122 valence electrons. The number of hydrogen-bond donors (Lipinski definition) is 2. The molecular formula is C17H26N2O3. The molecule has 0 heterocycles. The SMILES string of the molecule is CCOc1ccc(CNC2CC(N(CC)CC(=O)O)C2)cc1. The summed E-state index contributed by atoms with van der Waals surface area (Å²) >= 11 is 0. The second-order valence-corrected chi connectivity index (χ2v) is 5.74. The van der Waals surface area contributed by atoms with Crippen LogP contribution in [0.5, 0.6) is 5.75 Å². The molecule has 1 aromatic carbocycles. The van der Waals surface area contributed by atoms with E-state index in [9.17, 15) is 4.79 Å². The van der Waals surface area contributed by atoms with Gasteiger partial charge in [-0.25, -0.2) is 0 Å². The van der Waals surface area contributed by atoms with Crippen LogP contribution in [-0.2, 0) is 11.3 Å². The number of aliphatic carboxylic acids is 1. The van der Waals surface area contributed by atoms with Crippen LogP contribution in [0.2, 0.25) is 0 Å². The molecule has 1 fully saturated rings. The van der Waals surface area contributed by atoms with Gasteiger partial charge in [0.25, 0.3) is 0 Å². The largest absolute Gasteiger partial charge is 0.494 e. The first-order valence-electron chi connectivity index (χ1n) is 8.03. The molecular weight excluding hydrogens is 280 g/mol. The smallest absolute Gasteiger partial charge is 0.317 e. The molecule has 5 heteroatoms. The minimum absolute atomic E-state index is 0.146. The van der Waals surface area contributed by atoms with E-state index >= 15 is 0 Å². The molecule has 2 N–H and O–H groups in total. The third kappa shape index (κ3) is 4.71. The molecule has 0 amide bonds. The van der Waals surface area contributed by atoms with Gasteiger partial charge < -0.3 is 15.2 Å². The van der Waals surface area contributed by atoms with Crippen molar-refractivity contribution >= 4 is 5.97 Å². The van der Waals surface area contributed by atoms with Gasteiger partial charge in [-0.15, -0.1) is 0 Å². The monoisotopic (exact) mass is 306 g/mol. The van der Waals surface area contributed by atoms with Crippen LogP contribution < -0.4 is 10.1 Å². The molecule has 2 rings (SSSR count). The first-order valence-corrected chi connectivity index (χ1v) is 8.03. The van der Waals surface area contributed by atoms with E-state index in [1.54, 1.807) is 0 Å². The predicted molar refractivity (Wildman–Crippen MR) is 86.1 cm³/mol. The number of rotatable bonds is 9. The van der Waals surface area contributed by atoms with Crippen LogP contribution in [-0.4, -0.2) is 47.8 Å². The summed E-state index contributed by atoms with van der Waals surface area (Å²) in [5, 5.41) is 12.4. The summed E-state index contributed by atoms with van der Waals surface area (Å²) in [6.07, 6.45) is 2.05. The average Bonchev–Trinajstić information content (AvgIpc) is 2.46. The van der Waals surface area contributed by atoms with Crippen molar-refractivity contribution in [3.8, 4) is 5.75 Å². The average molecular weight is 306 g/mol. The highest BCUT2D eigenvalue weighted by atomic mass is 16.5. The molecule has 0 atom stereocenters. The fourth-order valence-electron chi connectivity index (χ4n) is 2.86. The van der Waals surface area contributed by atoms with Crippen LogP contribution >= 0.6 is 0 Å². The first-order chi connectivity index (χ1) is 10.6. The molecule has 1 aromatic rings. The Morgan fingerprint density at radius 1 is 1.32 bits per heavy atom. The predicted octanol–water partition coefficient (Wildman–Crippen LogP) is 2.11. The Hall–Kier alpha value is -1.59. The topological polar surface area (TPSA) is 61.8 Å². The minimum atomic E-state index is -0.743. The van der Waals surface area contributed by atoms with Gasteiger partial charge in [0.1, 0.15) is 5.75 Å². The maximum atomic E-state index is 10.8. The summed E-state index contributed by atoms with van der Waals surface area (Å²) in [6, 6.07) is 9.04. The molecule has 22 heavy (non-hydrogen) atoms. The van der Waals surface area contributed by atoms with Crippen LogP contribution in [0.1, 0.15) is 32.3 Å². The Morgan fingerprint density at radius 2 is 2.00 bits per heavy atom. The van der Waals surface area contributed by atoms with Gasteiger partial charge in [-0.1, -0.05) is 19.1 Å². The molecule has 0 spiro atoms. The molecule has 0 aromatic heterocycles. The zero-order valence-electron chi connectivity index (χ0n) is 13.4. The molecule has 0 radical (unpaired) electrons. The number of carboxylic acids is 1. The van der Waals surface area contributed by atoms with Gasteiger partial charge in [-0.2, -0.15) is 0 Å². The highest BCUT2D eigenvalue weighted by molar-refractivity contribution is 5.69. The first kappa shape index (κ1) is 16.8. The van der Waals surface area contributed by atoms with Crippen molar-refractivity contribution < 1.29 is 14.6 Å². The summed E-state index contributed by atoms with van der Waals surface area (Å²) in [6.45, 7) is 6.46. The molecule has 1 saturated carbocycles. The number of likely N-dealkylation sites (N-methyl/N-ethyl adjacent to an activating group) is 1. The summed E-state index contributed by atoms with van der Waals surface area (Å²) in [4.78, 5) is 12.9. The minimum Gasteiger partial charge on any atom is -0.494 e. The number of carbonyl (C=O) groups is 1. The molecule has 1 aliphatic rings. The van der Waals surface area contributed by atoms with Gasteiger partial charge in [0.2, 0.25) is 0 Å². The summed E-state index contributed by atoms with van der Waals surface area (Å²) in [5.74, 6) is 0.162. The Morgan fingerprint density at radius 3 is 2.55 bits per heavy atom. The molecule has 0 saturated heterocycles. The standard InChI is InChI=1S/C17H26N2O3/c1-3-19(12-17(20)21)15-9-14(10-15)18-11-13-5-7-16(8-6-13)22-4-2/h5-8,14-15,18H,3-4,9-12H2,1-2H3,(H,20,21). The zero-order valence-corrected chi connectivity index (χ0v) is 13.4. The summed E-state index contributed by atoms with van der Waals surface area (Å²) in [7, 11) is 0. The van der Waals surface area contributed by atoms with Crippen molar-refractivity contribution in [1.29, 1.82) is 0 Å². The van der Waals surface area contributed by atoms with Gasteiger partial charge in [0.05, 0.1) is 13.2 Å². The number of carboxylic acid groups (broad SMARTS) is 1. The maximum absolute atomic E-state index is 10.8. The molecule has 1 aliphatic carbocycles. The normalized spacial score (nSPS) is 20.7. The van der Waals surface area contributed by atoms with Gasteiger partial charge in [-0.05, 0) is 44.0 Å². The van der Waals surface area contributed by atoms with E-state index < -0.39 is 5.97 Å². The van der Waals surface area contributed by atoms with Gasteiger partial charge in [0, 0.05) is 18.6 Å². The van der Waals surface area contributed by atoms with E-state index in [1.165, 1.54) is 5.56 Å². The molecule has 0 unspecified atom stereocenters. The van der Waals surface area contributed by atoms with E-state index in [0.29, 0.717) is 18.7 Å². The third-order valence-electron chi connectivity index (χ3n) is 4.20. The highest BCUT2D eigenvalue weighted by Crippen LogP contribution is 2.26. The van der Waals surface area contributed by atoms with Crippen molar-refractivity contribution in [2.75, 3.05) is 19.7 Å². The lowest BCUT2D eigenvalue weighted by molar-refractivity contribution is -0.139. The number of nitrogens with zero attached hydrogens (tertiary/aromatic N) is 1. The fraction of sp³-hybridized carbons (Fsp3) is 0.588. The van der Waals surface area contributed by atoms with Crippen molar-refractivity contribution in [2.24, 2.45) is 0 Å². The third-order valence-corrected chi connectivity index (χ3v) is 4.20. The van der Waals surface area contributed by atoms with Crippen molar-refractivity contribution in [2.45, 2.75) is 45.3 Å². The van der Waals surface area contributed by atoms with Crippen LogP contribution in [0.15, 0.2) is 24.3 Å². The van der Waals surface area contributed by atoms with Crippen LogP contribution in [0.3, 0.4) is 0 Å². The van der Waals surface area contributed by atoms with Crippen molar-refractivity contribution in [1.82, 2.24) is 10.2 Å². The van der Waals surface area contributed by atoms with Crippen molar-refractivity contribution in [3.63, 3.8) is 0 Å². The second-order valence-electron chi connectivity index (χ2n) is 5.74. The van der Waals surface area contributed by atoms with Crippen LogP contribution in [0, 0.1) is 0 Å². The number of benzene rings is 1. The Balaban J connectivity index is 1.70. The number of hydrogen-bond acceptors (Lipinski definition) is 4. The van der Waals surface area contributed by atoms with E-state index in [0.717, 1.165) is 31.7 Å². The number of nitrogens with one attached hydrogen (secondary N) is 1. The maximum Gasteiger partial charge on any atom is 0.317 e. The van der Waals surface area contributed by atoms with Crippen molar-refractivity contribution in [3.05, 3.63) is 29.8 Å². The molecule has 0 aliphatic heterocycles. The Bertz CT molecular complexity index is 469. The zero-order chi connectivity index (χ0) is 15.9. The van der Waals surface area contributed by atoms with Gasteiger partial charge >= 0.3 is 5.97 Å². The Kier molecular flexibility index (Phi) is 6.21. The van der Waals surface area contributed by atoms with Crippen LogP contribution in [0.4, 0.5) is 0 Å². The van der Waals surface area contributed by atoms with E-state index in [-0.39, 0.29) is 6.54 Å². The van der Waals surface area contributed by atoms with E-state index in [2.05, 4.69) is 17.4 Å². The quantitative estimate of drug-likeness (QED) is 0.732. The number of ether oxygens (including phenoxy) is 1. The lowest BCUT2D eigenvalue weighted by atomic mass is 9.85. The molecule has 5 nitrogen and oxygen atoms in total. The van der Waals surface area contributed by atoms with E-state index in [4.69, 9.17) is 9.84 Å². The van der Waals surface area contributed by atoms with E-state index in [1.807, 2.05) is 30.9 Å². The van der Waals surface area contributed by atoms with Gasteiger partial charge in [-0.3, -0.25) is 9.69 Å². The Labute approximate surface area is 132 Å². The molecule has 0 bridgehead atoms. The fourth-order valence-corrected chi connectivity index (χ4v) is 2.86.